The van der Waals surface area contributed by atoms with E-state index in [4.69, 9.17) is 0 Å². The summed E-state index contributed by atoms with van der Waals surface area (Å²) in [5.41, 5.74) is 0. The minimum absolute atomic E-state index is 0.179. The van der Waals surface area contributed by atoms with Gasteiger partial charge in [-0.15, -0.1) is 0 Å². The number of likely N-dealkylation sites (tertiary alicyclic amines) is 1. The van der Waals surface area contributed by atoms with Crippen LogP contribution in [0.4, 0.5) is 13.2 Å². The number of nitrogens with zero attached hydrogens (tertiary/aromatic N) is 1. The molecule has 0 aromatic rings. The molecular weight excluding hydrogens is 241 g/mol. The third-order valence-electron chi connectivity index (χ3n) is 3.70. The fourth-order valence-electron chi connectivity index (χ4n) is 2.47. The number of hydrogen-bond donors (Lipinski definition) is 1. The maximum absolute atomic E-state index is 12.7. The largest absolute Gasteiger partial charge is 0.393 e. The zero-order valence-corrected chi connectivity index (χ0v) is 11.4. The summed E-state index contributed by atoms with van der Waals surface area (Å²) in [6.45, 7) is 7.00. The van der Waals surface area contributed by atoms with Crippen molar-refractivity contribution in [3.05, 3.63) is 0 Å². The fraction of sp³-hybridized carbons (Fsp3) is 1.00. The summed E-state index contributed by atoms with van der Waals surface area (Å²) in [6, 6.07) is 0.236. The minimum Gasteiger partial charge on any atom is -0.317 e. The van der Waals surface area contributed by atoms with Crippen molar-refractivity contribution < 1.29 is 13.2 Å². The predicted octanol–water partition coefficient (Wildman–Crippen LogP) is 3.04. The fourth-order valence-corrected chi connectivity index (χ4v) is 2.47. The van der Waals surface area contributed by atoms with Crippen LogP contribution in [0.2, 0.25) is 0 Å². The van der Waals surface area contributed by atoms with Gasteiger partial charge in [-0.2, -0.15) is 13.2 Å². The molecule has 1 rings (SSSR count). The third kappa shape index (κ3) is 5.14. The number of rotatable bonds is 6. The Morgan fingerprint density at radius 2 is 2.06 bits per heavy atom. The molecule has 1 fully saturated rings. The van der Waals surface area contributed by atoms with Gasteiger partial charge in [0.05, 0.1) is 5.92 Å². The lowest BCUT2D eigenvalue weighted by molar-refractivity contribution is -0.188. The van der Waals surface area contributed by atoms with E-state index in [0.717, 1.165) is 32.5 Å². The van der Waals surface area contributed by atoms with E-state index in [1.54, 1.807) is 0 Å². The molecule has 1 aliphatic rings. The normalized spacial score (nSPS) is 24.2. The van der Waals surface area contributed by atoms with Crippen LogP contribution in [0.25, 0.3) is 0 Å². The Morgan fingerprint density at radius 3 is 2.67 bits per heavy atom. The monoisotopic (exact) mass is 266 g/mol. The molecule has 0 spiro atoms. The van der Waals surface area contributed by atoms with Crippen molar-refractivity contribution in [1.29, 1.82) is 0 Å². The van der Waals surface area contributed by atoms with Crippen molar-refractivity contribution >= 4 is 0 Å². The molecule has 0 aromatic carbocycles. The molecule has 1 aliphatic heterocycles. The number of alkyl halides is 3. The first-order chi connectivity index (χ1) is 8.45. The van der Waals surface area contributed by atoms with Gasteiger partial charge in [-0.1, -0.05) is 6.92 Å². The summed E-state index contributed by atoms with van der Waals surface area (Å²) in [5.74, 6) is -1.13. The van der Waals surface area contributed by atoms with E-state index in [9.17, 15) is 13.2 Å². The second-order valence-corrected chi connectivity index (χ2v) is 5.26. The first kappa shape index (κ1) is 15.8. The Kier molecular flexibility index (Phi) is 6.43. The number of hydrogen-bond acceptors (Lipinski definition) is 2. The van der Waals surface area contributed by atoms with Crippen molar-refractivity contribution in [2.24, 2.45) is 5.92 Å². The highest BCUT2D eigenvalue weighted by molar-refractivity contribution is 4.81. The van der Waals surface area contributed by atoms with Crippen LogP contribution in [0.5, 0.6) is 0 Å². The van der Waals surface area contributed by atoms with Crippen LogP contribution in [-0.4, -0.2) is 43.3 Å². The number of piperidine rings is 1. The molecule has 2 unspecified atom stereocenters. The Hall–Kier alpha value is -0.290. The smallest absolute Gasteiger partial charge is 0.317 e. The van der Waals surface area contributed by atoms with E-state index in [-0.39, 0.29) is 12.6 Å². The van der Waals surface area contributed by atoms with Gasteiger partial charge in [0.2, 0.25) is 0 Å². The molecule has 0 radical (unpaired) electrons. The van der Waals surface area contributed by atoms with E-state index in [0.29, 0.717) is 12.8 Å². The van der Waals surface area contributed by atoms with Gasteiger partial charge < -0.3 is 10.2 Å². The minimum atomic E-state index is -4.03. The Balaban J connectivity index is 2.32. The van der Waals surface area contributed by atoms with Crippen LogP contribution in [0.3, 0.4) is 0 Å². The zero-order chi connectivity index (χ0) is 13.6. The maximum atomic E-state index is 12.7. The van der Waals surface area contributed by atoms with Crippen LogP contribution in [0.15, 0.2) is 0 Å². The van der Waals surface area contributed by atoms with Gasteiger partial charge in [0.25, 0.3) is 0 Å². The SMILES string of the molecule is CCCNCCC(C)N1CCCC(C(F)(F)F)C1. The van der Waals surface area contributed by atoms with Crippen molar-refractivity contribution in [2.45, 2.75) is 51.7 Å². The zero-order valence-electron chi connectivity index (χ0n) is 11.4. The molecule has 2 atom stereocenters. The second-order valence-electron chi connectivity index (χ2n) is 5.26. The topological polar surface area (TPSA) is 15.3 Å². The molecule has 5 heteroatoms. The average molecular weight is 266 g/mol. The summed E-state index contributed by atoms with van der Waals surface area (Å²) in [7, 11) is 0. The molecule has 0 bridgehead atoms. The standard InChI is InChI=1S/C13H25F3N2/c1-3-7-17-8-6-11(2)18-9-4-5-12(10-18)13(14,15)16/h11-12,17H,3-10H2,1-2H3. The highest BCUT2D eigenvalue weighted by Crippen LogP contribution is 2.33. The van der Waals surface area contributed by atoms with E-state index in [1.165, 1.54) is 0 Å². The Bertz CT molecular complexity index is 231. The highest BCUT2D eigenvalue weighted by atomic mass is 19.4. The molecule has 0 amide bonds. The molecule has 108 valence electrons. The predicted molar refractivity (Wildman–Crippen MR) is 67.6 cm³/mol. The lowest BCUT2D eigenvalue weighted by Crippen LogP contribution is -2.46. The number of halogens is 3. The summed E-state index contributed by atoms with van der Waals surface area (Å²) < 4.78 is 38.1. The van der Waals surface area contributed by atoms with Gasteiger partial charge in [0.15, 0.2) is 0 Å². The number of nitrogens with one attached hydrogen (secondary N) is 1. The van der Waals surface area contributed by atoms with Gasteiger partial charge in [0, 0.05) is 12.6 Å². The molecule has 0 saturated carbocycles. The Labute approximate surface area is 108 Å². The van der Waals surface area contributed by atoms with Crippen LogP contribution in [0, 0.1) is 5.92 Å². The van der Waals surface area contributed by atoms with Crippen molar-refractivity contribution in [1.82, 2.24) is 10.2 Å². The average Bonchev–Trinajstić information content (AvgIpc) is 2.33. The van der Waals surface area contributed by atoms with E-state index in [2.05, 4.69) is 12.2 Å². The summed E-state index contributed by atoms with van der Waals surface area (Å²) in [4.78, 5) is 2.00. The maximum Gasteiger partial charge on any atom is 0.393 e. The summed E-state index contributed by atoms with van der Waals surface area (Å²) in [5, 5.41) is 3.30. The molecule has 1 N–H and O–H groups in total. The van der Waals surface area contributed by atoms with E-state index in [1.807, 2.05) is 11.8 Å². The molecule has 0 aromatic heterocycles. The van der Waals surface area contributed by atoms with E-state index >= 15 is 0 Å². The first-order valence-corrected chi connectivity index (χ1v) is 6.96. The van der Waals surface area contributed by atoms with Crippen molar-refractivity contribution in [3.8, 4) is 0 Å². The third-order valence-corrected chi connectivity index (χ3v) is 3.70. The van der Waals surface area contributed by atoms with Crippen LogP contribution in [-0.2, 0) is 0 Å². The first-order valence-electron chi connectivity index (χ1n) is 6.96. The Morgan fingerprint density at radius 1 is 1.33 bits per heavy atom. The van der Waals surface area contributed by atoms with Gasteiger partial charge in [-0.3, -0.25) is 0 Å². The van der Waals surface area contributed by atoms with E-state index < -0.39 is 12.1 Å². The van der Waals surface area contributed by atoms with Crippen LogP contribution < -0.4 is 5.32 Å². The molecule has 0 aliphatic carbocycles. The summed E-state index contributed by atoms with van der Waals surface area (Å²) >= 11 is 0. The highest BCUT2D eigenvalue weighted by Gasteiger charge is 2.42. The van der Waals surface area contributed by atoms with Gasteiger partial charge in [-0.25, -0.2) is 0 Å². The van der Waals surface area contributed by atoms with Gasteiger partial charge >= 0.3 is 6.18 Å². The van der Waals surface area contributed by atoms with Gasteiger partial charge in [-0.05, 0) is 52.2 Å². The molecule has 2 nitrogen and oxygen atoms in total. The molecule has 1 saturated heterocycles. The van der Waals surface area contributed by atoms with Crippen LogP contribution in [0.1, 0.15) is 39.5 Å². The molecule has 1 heterocycles. The lowest BCUT2D eigenvalue weighted by Gasteiger charge is -2.37. The van der Waals surface area contributed by atoms with Crippen LogP contribution >= 0.6 is 0 Å². The summed E-state index contributed by atoms with van der Waals surface area (Å²) in [6.07, 6.45) is -1.06. The lowest BCUT2D eigenvalue weighted by atomic mass is 9.96. The molecule has 18 heavy (non-hydrogen) atoms. The van der Waals surface area contributed by atoms with Gasteiger partial charge in [0.1, 0.15) is 0 Å². The quantitative estimate of drug-likeness (QED) is 0.743. The van der Waals surface area contributed by atoms with Crippen molar-refractivity contribution in [2.75, 3.05) is 26.2 Å². The molecular formula is C13H25F3N2. The van der Waals surface area contributed by atoms with Crippen molar-refractivity contribution in [3.63, 3.8) is 0 Å². The second kappa shape index (κ2) is 7.34.